The molecule has 0 saturated heterocycles. The minimum atomic E-state index is -0.598. The van der Waals surface area contributed by atoms with Gasteiger partial charge in [-0.3, -0.25) is 0 Å². The number of hydrogen-bond acceptors (Lipinski definition) is 2. The number of benzene rings is 1. The molecule has 13 heavy (non-hydrogen) atoms. The highest BCUT2D eigenvalue weighted by atomic mass is 79.9. The number of aliphatic hydroxyl groups excluding tert-OH is 2. The van der Waals surface area contributed by atoms with E-state index in [1.807, 2.05) is 18.2 Å². The van der Waals surface area contributed by atoms with Crippen molar-refractivity contribution in [3.8, 4) is 0 Å². The fourth-order valence-corrected chi connectivity index (χ4v) is 2.39. The maximum Gasteiger partial charge on any atom is 0.0812 e. The van der Waals surface area contributed by atoms with Crippen molar-refractivity contribution in [1.82, 2.24) is 0 Å². The number of aliphatic hydroxyl groups is 2. The van der Waals surface area contributed by atoms with Crippen LogP contribution in [0.3, 0.4) is 0 Å². The van der Waals surface area contributed by atoms with Crippen molar-refractivity contribution in [2.75, 3.05) is 6.61 Å². The molecule has 0 fully saturated rings. The first-order valence-electron chi connectivity index (χ1n) is 3.88. The molecule has 0 heterocycles. The van der Waals surface area contributed by atoms with Crippen molar-refractivity contribution in [2.45, 2.75) is 12.5 Å². The Morgan fingerprint density at radius 2 is 1.69 bits per heavy atom. The fourth-order valence-electron chi connectivity index (χ4n) is 1.06. The van der Waals surface area contributed by atoms with Crippen LogP contribution in [-0.2, 0) is 0 Å². The summed E-state index contributed by atoms with van der Waals surface area (Å²) in [4.78, 5) is 0. The Morgan fingerprint density at radius 3 is 2.15 bits per heavy atom. The van der Waals surface area contributed by atoms with Crippen LogP contribution in [0.25, 0.3) is 0 Å². The summed E-state index contributed by atoms with van der Waals surface area (Å²) < 4.78 is 1.82. The summed E-state index contributed by atoms with van der Waals surface area (Å²) in [5, 5.41) is 18.2. The van der Waals surface area contributed by atoms with Gasteiger partial charge >= 0.3 is 0 Å². The summed E-state index contributed by atoms with van der Waals surface area (Å²) >= 11 is 6.66. The van der Waals surface area contributed by atoms with Gasteiger partial charge < -0.3 is 10.2 Å². The van der Waals surface area contributed by atoms with E-state index in [1.54, 1.807) is 0 Å². The van der Waals surface area contributed by atoms with E-state index in [1.165, 1.54) is 0 Å². The first-order valence-corrected chi connectivity index (χ1v) is 5.47. The molecule has 1 aromatic carbocycles. The normalized spacial score (nSPS) is 12.9. The smallest absolute Gasteiger partial charge is 0.0812 e. The second-order valence-corrected chi connectivity index (χ2v) is 4.56. The van der Waals surface area contributed by atoms with Crippen molar-refractivity contribution in [2.24, 2.45) is 0 Å². The standard InChI is InChI=1S/C9H10Br2O2/c10-7-3-6(4-8(11)5-7)9(13)1-2-12/h3-5,9,12-13H,1-2H2/t9-/m0/s1. The van der Waals surface area contributed by atoms with Gasteiger partial charge in [-0.1, -0.05) is 31.9 Å². The van der Waals surface area contributed by atoms with Gasteiger partial charge in [-0.2, -0.15) is 0 Å². The van der Waals surface area contributed by atoms with Crippen LogP contribution in [0.15, 0.2) is 27.1 Å². The molecule has 1 aromatic rings. The van der Waals surface area contributed by atoms with E-state index < -0.39 is 6.10 Å². The van der Waals surface area contributed by atoms with Crippen molar-refractivity contribution >= 4 is 31.9 Å². The molecule has 72 valence electrons. The Labute approximate surface area is 93.8 Å². The predicted octanol–water partition coefficient (Wildman–Crippen LogP) is 2.63. The number of rotatable bonds is 3. The molecule has 0 aliphatic rings. The Kier molecular flexibility index (Phi) is 4.38. The van der Waals surface area contributed by atoms with Crippen LogP contribution in [0.5, 0.6) is 0 Å². The second-order valence-electron chi connectivity index (χ2n) is 2.73. The first-order chi connectivity index (χ1) is 6.13. The van der Waals surface area contributed by atoms with E-state index in [0.29, 0.717) is 6.42 Å². The molecule has 0 aliphatic heterocycles. The zero-order valence-corrected chi connectivity index (χ0v) is 10.0. The second kappa shape index (κ2) is 5.10. The minimum Gasteiger partial charge on any atom is -0.396 e. The lowest BCUT2D eigenvalue weighted by Crippen LogP contribution is -1.99. The van der Waals surface area contributed by atoms with Gasteiger partial charge in [0.05, 0.1) is 6.10 Å². The number of halogens is 2. The maximum absolute atomic E-state index is 9.57. The Hall–Kier alpha value is 0.1000. The molecule has 0 aromatic heterocycles. The van der Waals surface area contributed by atoms with Gasteiger partial charge in [-0.15, -0.1) is 0 Å². The van der Waals surface area contributed by atoms with Crippen molar-refractivity contribution in [3.05, 3.63) is 32.7 Å². The lowest BCUT2D eigenvalue weighted by molar-refractivity contribution is 0.134. The average Bonchev–Trinajstić information content (AvgIpc) is 2.03. The largest absolute Gasteiger partial charge is 0.396 e. The minimum absolute atomic E-state index is 0.00863. The topological polar surface area (TPSA) is 40.5 Å². The Balaban J connectivity index is 2.87. The Morgan fingerprint density at radius 1 is 1.15 bits per heavy atom. The van der Waals surface area contributed by atoms with Crippen molar-refractivity contribution in [3.63, 3.8) is 0 Å². The molecule has 0 unspecified atom stereocenters. The summed E-state index contributed by atoms with van der Waals surface area (Å²) in [6.45, 7) is -0.00863. The van der Waals surface area contributed by atoms with Crippen molar-refractivity contribution < 1.29 is 10.2 Å². The highest BCUT2D eigenvalue weighted by Gasteiger charge is 2.07. The Bertz CT molecular complexity index is 269. The number of hydrogen-bond donors (Lipinski definition) is 2. The highest BCUT2D eigenvalue weighted by Crippen LogP contribution is 2.25. The third kappa shape index (κ3) is 3.38. The molecule has 2 nitrogen and oxygen atoms in total. The summed E-state index contributed by atoms with van der Waals surface area (Å²) in [6, 6.07) is 5.57. The molecule has 0 spiro atoms. The molecule has 4 heteroatoms. The molecule has 1 rings (SSSR count). The summed E-state index contributed by atoms with van der Waals surface area (Å²) in [5.41, 5.74) is 0.801. The molecule has 0 radical (unpaired) electrons. The summed E-state index contributed by atoms with van der Waals surface area (Å²) in [6.07, 6.45) is -0.234. The van der Waals surface area contributed by atoms with E-state index in [4.69, 9.17) is 5.11 Å². The van der Waals surface area contributed by atoms with Gasteiger partial charge in [-0.05, 0) is 23.8 Å². The fraction of sp³-hybridized carbons (Fsp3) is 0.333. The van der Waals surface area contributed by atoms with Crippen LogP contribution < -0.4 is 0 Å². The monoisotopic (exact) mass is 308 g/mol. The van der Waals surface area contributed by atoms with Crippen LogP contribution in [0.2, 0.25) is 0 Å². The zero-order chi connectivity index (χ0) is 9.84. The molecular formula is C9H10Br2O2. The van der Waals surface area contributed by atoms with E-state index in [2.05, 4.69) is 31.9 Å². The van der Waals surface area contributed by atoms with Gasteiger partial charge in [0, 0.05) is 22.0 Å². The predicted molar refractivity (Wildman–Crippen MR) is 58.5 cm³/mol. The van der Waals surface area contributed by atoms with Gasteiger partial charge in [-0.25, -0.2) is 0 Å². The van der Waals surface area contributed by atoms with E-state index in [0.717, 1.165) is 14.5 Å². The van der Waals surface area contributed by atoms with E-state index in [9.17, 15) is 5.11 Å². The lowest BCUT2D eigenvalue weighted by Gasteiger charge is -2.09. The molecular weight excluding hydrogens is 300 g/mol. The van der Waals surface area contributed by atoms with E-state index in [-0.39, 0.29) is 6.61 Å². The first kappa shape index (κ1) is 11.2. The third-order valence-corrected chi connectivity index (χ3v) is 2.59. The van der Waals surface area contributed by atoms with Crippen LogP contribution >= 0.6 is 31.9 Å². The van der Waals surface area contributed by atoms with Crippen LogP contribution in [-0.4, -0.2) is 16.8 Å². The van der Waals surface area contributed by atoms with Crippen molar-refractivity contribution in [1.29, 1.82) is 0 Å². The SMILES string of the molecule is OCC[C@H](O)c1cc(Br)cc(Br)c1. The molecule has 0 aliphatic carbocycles. The summed E-state index contributed by atoms with van der Waals surface area (Å²) in [7, 11) is 0. The van der Waals surface area contributed by atoms with Gasteiger partial charge in [0.25, 0.3) is 0 Å². The molecule has 2 N–H and O–H groups in total. The van der Waals surface area contributed by atoms with Crippen LogP contribution in [0.1, 0.15) is 18.1 Å². The summed E-state index contributed by atoms with van der Waals surface area (Å²) in [5.74, 6) is 0. The molecule has 1 atom stereocenters. The van der Waals surface area contributed by atoms with E-state index >= 15 is 0 Å². The van der Waals surface area contributed by atoms with Gasteiger partial charge in [0.2, 0.25) is 0 Å². The zero-order valence-electron chi connectivity index (χ0n) is 6.87. The van der Waals surface area contributed by atoms with Crippen LogP contribution in [0.4, 0.5) is 0 Å². The molecule has 0 bridgehead atoms. The maximum atomic E-state index is 9.57. The molecule has 0 amide bonds. The molecule has 0 saturated carbocycles. The average molecular weight is 310 g/mol. The lowest BCUT2D eigenvalue weighted by atomic mass is 10.1. The quantitative estimate of drug-likeness (QED) is 0.901. The van der Waals surface area contributed by atoms with Gasteiger partial charge in [0.1, 0.15) is 0 Å². The third-order valence-electron chi connectivity index (χ3n) is 1.67. The van der Waals surface area contributed by atoms with Crippen LogP contribution in [0, 0.1) is 0 Å². The highest BCUT2D eigenvalue weighted by molar-refractivity contribution is 9.11. The van der Waals surface area contributed by atoms with Gasteiger partial charge in [0.15, 0.2) is 0 Å².